The van der Waals surface area contributed by atoms with Crippen LogP contribution < -0.4 is 10.1 Å². The molecule has 0 radical (unpaired) electrons. The summed E-state index contributed by atoms with van der Waals surface area (Å²) in [5.41, 5.74) is 3.42. The van der Waals surface area contributed by atoms with Crippen molar-refractivity contribution in [3.8, 4) is 5.75 Å². The van der Waals surface area contributed by atoms with Crippen molar-refractivity contribution in [2.24, 2.45) is 0 Å². The van der Waals surface area contributed by atoms with Crippen LogP contribution in [0.15, 0.2) is 48.5 Å². The summed E-state index contributed by atoms with van der Waals surface area (Å²) in [6, 6.07) is 15.9. The highest BCUT2D eigenvalue weighted by Crippen LogP contribution is 2.17. The van der Waals surface area contributed by atoms with Gasteiger partial charge in [-0.05, 0) is 50.5 Å². The van der Waals surface area contributed by atoms with Gasteiger partial charge >= 0.3 is 0 Å². The van der Waals surface area contributed by atoms with E-state index in [-0.39, 0.29) is 11.9 Å². The van der Waals surface area contributed by atoms with Gasteiger partial charge in [0.25, 0.3) is 5.91 Å². The molecule has 0 fully saturated rings. The van der Waals surface area contributed by atoms with Gasteiger partial charge in [-0.15, -0.1) is 0 Å². The average Bonchev–Trinajstić information content (AvgIpc) is 2.53. The highest BCUT2D eigenvalue weighted by molar-refractivity contribution is 5.81. The number of hydrogen-bond donors (Lipinski definition) is 1. The molecule has 1 amide bonds. The van der Waals surface area contributed by atoms with Crippen LogP contribution in [0.1, 0.15) is 43.0 Å². The minimum Gasteiger partial charge on any atom is -0.481 e. The van der Waals surface area contributed by atoms with Crippen LogP contribution in [0.5, 0.6) is 5.75 Å². The topological polar surface area (TPSA) is 38.3 Å². The van der Waals surface area contributed by atoms with E-state index in [9.17, 15) is 4.79 Å². The maximum atomic E-state index is 12.5. The molecular formula is C20H25NO2. The average molecular weight is 311 g/mol. The molecule has 2 aromatic rings. The lowest BCUT2D eigenvalue weighted by Gasteiger charge is -2.21. The molecule has 0 heterocycles. The van der Waals surface area contributed by atoms with Crippen LogP contribution >= 0.6 is 0 Å². The van der Waals surface area contributed by atoms with E-state index < -0.39 is 6.10 Å². The molecule has 0 saturated heterocycles. The molecule has 0 aromatic heterocycles. The van der Waals surface area contributed by atoms with Crippen molar-refractivity contribution < 1.29 is 9.53 Å². The summed E-state index contributed by atoms with van der Waals surface area (Å²) in [5, 5.41) is 3.04. The third-order valence-electron chi connectivity index (χ3n) is 3.87. The summed E-state index contributed by atoms with van der Waals surface area (Å²) < 4.78 is 5.85. The van der Waals surface area contributed by atoms with E-state index >= 15 is 0 Å². The molecule has 0 aliphatic rings. The minimum atomic E-state index is -0.482. The van der Waals surface area contributed by atoms with Crippen LogP contribution in [-0.2, 0) is 4.79 Å². The maximum absolute atomic E-state index is 12.5. The van der Waals surface area contributed by atoms with Gasteiger partial charge in [-0.1, -0.05) is 48.9 Å². The number of hydrogen-bond acceptors (Lipinski definition) is 2. The van der Waals surface area contributed by atoms with Crippen LogP contribution in [0.3, 0.4) is 0 Å². The van der Waals surface area contributed by atoms with Gasteiger partial charge in [-0.25, -0.2) is 0 Å². The van der Waals surface area contributed by atoms with Crippen molar-refractivity contribution >= 4 is 5.91 Å². The van der Waals surface area contributed by atoms with Gasteiger partial charge in [-0.2, -0.15) is 0 Å². The first-order valence-electron chi connectivity index (χ1n) is 8.10. The smallest absolute Gasteiger partial charge is 0.261 e. The molecule has 122 valence electrons. The molecule has 1 N–H and O–H groups in total. The van der Waals surface area contributed by atoms with Crippen molar-refractivity contribution in [1.82, 2.24) is 5.32 Å². The number of carbonyl (C=O) groups is 1. The quantitative estimate of drug-likeness (QED) is 0.862. The Balaban J connectivity index is 2.00. The van der Waals surface area contributed by atoms with E-state index in [2.05, 4.69) is 24.4 Å². The van der Waals surface area contributed by atoms with E-state index in [1.54, 1.807) is 0 Å². The lowest BCUT2D eigenvalue weighted by molar-refractivity contribution is -0.128. The molecule has 2 aromatic carbocycles. The molecule has 2 rings (SSSR count). The minimum absolute atomic E-state index is 0.0433. The first-order chi connectivity index (χ1) is 11.0. The Morgan fingerprint density at radius 2 is 1.78 bits per heavy atom. The number of ether oxygens (including phenoxy) is 1. The molecule has 0 saturated carbocycles. The Labute approximate surface area is 138 Å². The zero-order chi connectivity index (χ0) is 16.8. The normalized spacial score (nSPS) is 13.2. The van der Waals surface area contributed by atoms with E-state index in [1.807, 2.05) is 57.2 Å². The third-order valence-corrected chi connectivity index (χ3v) is 3.87. The SMILES string of the molecule is CC[C@@H](Oc1cccc(C)c1)C(=O)N[C@H](C)c1ccc(C)cc1. The predicted molar refractivity (Wildman–Crippen MR) is 93.6 cm³/mol. The fourth-order valence-electron chi connectivity index (χ4n) is 2.42. The van der Waals surface area contributed by atoms with E-state index in [1.165, 1.54) is 5.56 Å². The van der Waals surface area contributed by atoms with E-state index in [0.29, 0.717) is 6.42 Å². The van der Waals surface area contributed by atoms with Gasteiger partial charge < -0.3 is 10.1 Å². The van der Waals surface area contributed by atoms with Crippen molar-refractivity contribution in [3.63, 3.8) is 0 Å². The molecule has 23 heavy (non-hydrogen) atoms. The Kier molecular flexibility index (Phi) is 5.80. The third kappa shape index (κ3) is 4.85. The second-order valence-corrected chi connectivity index (χ2v) is 5.97. The zero-order valence-electron chi connectivity index (χ0n) is 14.3. The van der Waals surface area contributed by atoms with Crippen molar-refractivity contribution in [2.45, 2.75) is 46.3 Å². The lowest BCUT2D eigenvalue weighted by atomic mass is 10.1. The van der Waals surface area contributed by atoms with E-state index in [0.717, 1.165) is 16.9 Å². The van der Waals surface area contributed by atoms with Crippen molar-refractivity contribution in [3.05, 3.63) is 65.2 Å². The number of rotatable bonds is 6. The summed E-state index contributed by atoms with van der Waals surface area (Å²) in [7, 11) is 0. The summed E-state index contributed by atoms with van der Waals surface area (Å²) >= 11 is 0. The van der Waals surface area contributed by atoms with Gasteiger partial charge in [0.15, 0.2) is 6.10 Å². The van der Waals surface area contributed by atoms with Crippen LogP contribution in [0.25, 0.3) is 0 Å². The Hall–Kier alpha value is -2.29. The van der Waals surface area contributed by atoms with Gasteiger partial charge in [0, 0.05) is 0 Å². The number of benzene rings is 2. The highest BCUT2D eigenvalue weighted by atomic mass is 16.5. The zero-order valence-corrected chi connectivity index (χ0v) is 14.3. The highest BCUT2D eigenvalue weighted by Gasteiger charge is 2.20. The molecule has 3 heteroatoms. The molecule has 2 atom stereocenters. The summed E-state index contributed by atoms with van der Waals surface area (Å²) in [6.45, 7) is 8.00. The molecule has 0 unspecified atom stereocenters. The Bertz CT molecular complexity index is 649. The summed E-state index contributed by atoms with van der Waals surface area (Å²) in [4.78, 5) is 12.5. The predicted octanol–water partition coefficient (Wildman–Crippen LogP) is 4.34. The Morgan fingerprint density at radius 3 is 2.39 bits per heavy atom. The van der Waals surface area contributed by atoms with Gasteiger partial charge in [0.05, 0.1) is 6.04 Å². The largest absolute Gasteiger partial charge is 0.481 e. The maximum Gasteiger partial charge on any atom is 0.261 e. The van der Waals surface area contributed by atoms with Gasteiger partial charge in [0.1, 0.15) is 5.75 Å². The monoisotopic (exact) mass is 311 g/mol. The van der Waals surface area contributed by atoms with Gasteiger partial charge in [0.2, 0.25) is 0 Å². The lowest BCUT2D eigenvalue weighted by Crippen LogP contribution is -2.39. The molecule has 0 bridgehead atoms. The number of aryl methyl sites for hydroxylation is 2. The first-order valence-corrected chi connectivity index (χ1v) is 8.10. The standard InChI is InChI=1S/C20H25NO2/c1-5-19(23-18-8-6-7-15(3)13-18)20(22)21-16(4)17-11-9-14(2)10-12-17/h6-13,16,19H,5H2,1-4H3,(H,21,22)/t16-,19-/m1/s1. The van der Waals surface area contributed by atoms with Crippen LogP contribution in [0.2, 0.25) is 0 Å². The molecule has 0 aliphatic heterocycles. The second-order valence-electron chi connectivity index (χ2n) is 5.97. The summed E-state index contributed by atoms with van der Waals surface area (Å²) in [6.07, 6.45) is 0.144. The van der Waals surface area contributed by atoms with Crippen LogP contribution in [-0.4, -0.2) is 12.0 Å². The van der Waals surface area contributed by atoms with Crippen molar-refractivity contribution in [2.75, 3.05) is 0 Å². The fraction of sp³-hybridized carbons (Fsp3) is 0.350. The number of nitrogens with one attached hydrogen (secondary N) is 1. The molecule has 0 spiro atoms. The molecule has 3 nitrogen and oxygen atoms in total. The number of carbonyl (C=O) groups excluding carboxylic acids is 1. The van der Waals surface area contributed by atoms with Crippen LogP contribution in [0, 0.1) is 13.8 Å². The Morgan fingerprint density at radius 1 is 1.09 bits per heavy atom. The van der Waals surface area contributed by atoms with Crippen molar-refractivity contribution in [1.29, 1.82) is 0 Å². The molecular weight excluding hydrogens is 286 g/mol. The van der Waals surface area contributed by atoms with E-state index in [4.69, 9.17) is 4.74 Å². The fourth-order valence-corrected chi connectivity index (χ4v) is 2.42. The first kappa shape index (κ1) is 17.1. The second kappa shape index (κ2) is 7.82. The number of amides is 1. The molecule has 0 aliphatic carbocycles. The van der Waals surface area contributed by atoms with Crippen LogP contribution in [0.4, 0.5) is 0 Å². The van der Waals surface area contributed by atoms with Gasteiger partial charge in [-0.3, -0.25) is 4.79 Å². The summed E-state index contributed by atoms with van der Waals surface area (Å²) in [5.74, 6) is 0.650.